The van der Waals surface area contributed by atoms with Gasteiger partial charge in [0.1, 0.15) is 5.82 Å². The molecule has 0 unspecified atom stereocenters. The molecule has 3 aliphatic rings. The monoisotopic (exact) mass is 420 g/mol. The number of aromatic nitrogens is 2. The Hall–Kier alpha value is -3.16. The normalized spacial score (nSPS) is 22.4. The van der Waals surface area contributed by atoms with Crippen molar-refractivity contribution in [1.82, 2.24) is 20.2 Å². The van der Waals surface area contributed by atoms with Gasteiger partial charge in [-0.3, -0.25) is 9.59 Å². The second-order valence-electron chi connectivity index (χ2n) is 8.61. The van der Waals surface area contributed by atoms with E-state index in [0.717, 1.165) is 50.3 Å². The molecule has 5 rings (SSSR count). The molecule has 3 fully saturated rings. The second-order valence-corrected chi connectivity index (χ2v) is 8.61. The van der Waals surface area contributed by atoms with E-state index in [2.05, 4.69) is 25.4 Å². The Morgan fingerprint density at radius 3 is 2.39 bits per heavy atom. The fourth-order valence-electron chi connectivity index (χ4n) is 4.67. The summed E-state index contributed by atoms with van der Waals surface area (Å²) in [6, 6.07) is 9.78. The van der Waals surface area contributed by atoms with Crippen molar-refractivity contribution in [3.8, 4) is 0 Å². The predicted molar refractivity (Wildman–Crippen MR) is 118 cm³/mol. The standard InChI is InChI=1S/C23H28N6O2/c1-2-24-21(30)15-5-7-17(8-6-15)26-23-25-12-11-20(27-23)28-13-18-9-10-19(14-28)29(18)22(31)16-3-4-16/h5-8,11-12,16,18-19H,2-4,9-10,13-14H2,1H3,(H,24,30)(H,25,26,27)/t18-,19+. The topological polar surface area (TPSA) is 90.5 Å². The highest BCUT2D eigenvalue weighted by atomic mass is 16.2. The van der Waals surface area contributed by atoms with E-state index in [1.807, 2.05) is 25.1 Å². The lowest BCUT2D eigenvalue weighted by Crippen LogP contribution is -2.56. The molecular weight excluding hydrogens is 392 g/mol. The van der Waals surface area contributed by atoms with Gasteiger partial charge in [0.15, 0.2) is 0 Å². The van der Waals surface area contributed by atoms with Crippen molar-refractivity contribution in [2.75, 3.05) is 29.9 Å². The summed E-state index contributed by atoms with van der Waals surface area (Å²) in [5.74, 6) is 1.97. The van der Waals surface area contributed by atoms with Crippen molar-refractivity contribution in [2.24, 2.45) is 5.92 Å². The van der Waals surface area contributed by atoms with Crippen molar-refractivity contribution in [3.63, 3.8) is 0 Å². The van der Waals surface area contributed by atoms with Crippen molar-refractivity contribution < 1.29 is 9.59 Å². The lowest BCUT2D eigenvalue weighted by molar-refractivity contribution is -0.135. The van der Waals surface area contributed by atoms with Gasteiger partial charge in [-0.1, -0.05) is 0 Å². The summed E-state index contributed by atoms with van der Waals surface area (Å²) in [4.78, 5) is 38.1. The molecule has 1 aromatic heterocycles. The first-order valence-electron chi connectivity index (χ1n) is 11.2. The van der Waals surface area contributed by atoms with Crippen LogP contribution in [-0.4, -0.2) is 58.4 Å². The van der Waals surface area contributed by atoms with E-state index in [4.69, 9.17) is 4.98 Å². The maximum absolute atomic E-state index is 12.7. The van der Waals surface area contributed by atoms with E-state index in [1.54, 1.807) is 18.3 Å². The Balaban J connectivity index is 1.26. The lowest BCUT2D eigenvalue weighted by Gasteiger charge is -2.41. The van der Waals surface area contributed by atoms with E-state index >= 15 is 0 Å². The van der Waals surface area contributed by atoms with Crippen molar-refractivity contribution >= 4 is 29.3 Å². The number of fused-ring (bicyclic) bond motifs is 2. The number of hydrogen-bond donors (Lipinski definition) is 2. The van der Waals surface area contributed by atoms with Crippen molar-refractivity contribution in [1.29, 1.82) is 0 Å². The molecule has 1 aromatic carbocycles. The average Bonchev–Trinajstić information content (AvgIpc) is 3.59. The zero-order valence-electron chi connectivity index (χ0n) is 17.8. The fourth-order valence-corrected chi connectivity index (χ4v) is 4.67. The minimum atomic E-state index is -0.0822. The number of carbonyl (C=O) groups is 2. The summed E-state index contributed by atoms with van der Waals surface area (Å²) in [5.41, 5.74) is 1.45. The minimum absolute atomic E-state index is 0.0822. The maximum Gasteiger partial charge on any atom is 0.251 e. The van der Waals surface area contributed by atoms with Gasteiger partial charge in [-0.15, -0.1) is 0 Å². The van der Waals surface area contributed by atoms with Crippen LogP contribution in [0.3, 0.4) is 0 Å². The minimum Gasteiger partial charge on any atom is -0.352 e. The van der Waals surface area contributed by atoms with E-state index in [1.165, 1.54) is 0 Å². The first-order valence-corrected chi connectivity index (χ1v) is 11.2. The first-order chi connectivity index (χ1) is 15.1. The Labute approximate surface area is 182 Å². The average molecular weight is 421 g/mol. The SMILES string of the molecule is CCNC(=O)c1ccc(Nc2nccc(N3C[C@H]4CC[C@@H](C3)N4C(=O)C3CC3)n2)cc1. The largest absolute Gasteiger partial charge is 0.352 e. The van der Waals surface area contributed by atoms with Gasteiger partial charge in [-0.25, -0.2) is 4.98 Å². The van der Waals surface area contributed by atoms with Gasteiger partial charge in [0.05, 0.1) is 0 Å². The van der Waals surface area contributed by atoms with Crippen LogP contribution in [0.4, 0.5) is 17.5 Å². The number of benzene rings is 1. The van der Waals surface area contributed by atoms with Crippen LogP contribution in [0.5, 0.6) is 0 Å². The van der Waals surface area contributed by atoms with Crippen LogP contribution >= 0.6 is 0 Å². The molecule has 8 heteroatoms. The number of anilines is 3. The maximum atomic E-state index is 12.7. The molecule has 0 spiro atoms. The Kier molecular flexibility index (Phi) is 5.21. The van der Waals surface area contributed by atoms with Crippen LogP contribution in [0.1, 0.15) is 43.0 Å². The molecule has 8 nitrogen and oxygen atoms in total. The van der Waals surface area contributed by atoms with Gasteiger partial charge in [-0.2, -0.15) is 4.98 Å². The number of carbonyl (C=O) groups excluding carboxylic acids is 2. The molecule has 2 aromatic rings. The predicted octanol–water partition coefficient (Wildman–Crippen LogP) is 2.56. The van der Waals surface area contributed by atoms with Crippen LogP contribution in [0, 0.1) is 5.92 Å². The summed E-state index contributed by atoms with van der Waals surface area (Å²) >= 11 is 0. The van der Waals surface area contributed by atoms with Gasteiger partial charge in [0, 0.05) is 55.1 Å². The number of amides is 2. The van der Waals surface area contributed by atoms with E-state index in [9.17, 15) is 9.59 Å². The number of piperazine rings is 1. The summed E-state index contributed by atoms with van der Waals surface area (Å²) in [6.45, 7) is 4.15. The third-order valence-corrected chi connectivity index (χ3v) is 6.37. The summed E-state index contributed by atoms with van der Waals surface area (Å²) in [5, 5.41) is 6.02. The second kappa shape index (κ2) is 8.17. The van der Waals surface area contributed by atoms with Gasteiger partial charge in [0.25, 0.3) is 5.91 Å². The fraction of sp³-hybridized carbons (Fsp3) is 0.478. The van der Waals surface area contributed by atoms with Gasteiger partial charge < -0.3 is 20.4 Å². The van der Waals surface area contributed by atoms with E-state index in [-0.39, 0.29) is 11.8 Å². The third-order valence-electron chi connectivity index (χ3n) is 6.37. The van der Waals surface area contributed by atoms with Crippen LogP contribution < -0.4 is 15.5 Å². The van der Waals surface area contributed by atoms with E-state index in [0.29, 0.717) is 36.0 Å². The Morgan fingerprint density at radius 2 is 1.74 bits per heavy atom. The zero-order chi connectivity index (χ0) is 21.4. The van der Waals surface area contributed by atoms with Gasteiger partial charge >= 0.3 is 0 Å². The number of nitrogens with one attached hydrogen (secondary N) is 2. The molecule has 2 atom stereocenters. The highest BCUT2D eigenvalue weighted by Crippen LogP contribution is 2.38. The van der Waals surface area contributed by atoms with Crippen LogP contribution in [0.2, 0.25) is 0 Å². The van der Waals surface area contributed by atoms with Crippen LogP contribution in [-0.2, 0) is 4.79 Å². The van der Waals surface area contributed by atoms with Crippen molar-refractivity contribution in [3.05, 3.63) is 42.1 Å². The molecule has 2 amide bonds. The van der Waals surface area contributed by atoms with Gasteiger partial charge in [0.2, 0.25) is 11.9 Å². The molecule has 2 aliphatic heterocycles. The van der Waals surface area contributed by atoms with Crippen molar-refractivity contribution in [2.45, 2.75) is 44.7 Å². The number of hydrogen-bond acceptors (Lipinski definition) is 6. The molecule has 162 valence electrons. The molecule has 31 heavy (non-hydrogen) atoms. The molecule has 1 aliphatic carbocycles. The molecule has 0 radical (unpaired) electrons. The molecule has 2 N–H and O–H groups in total. The molecule has 2 saturated heterocycles. The Morgan fingerprint density at radius 1 is 1.03 bits per heavy atom. The first kappa shape index (κ1) is 19.8. The summed E-state index contributed by atoms with van der Waals surface area (Å²) < 4.78 is 0. The molecule has 1 saturated carbocycles. The lowest BCUT2D eigenvalue weighted by atomic mass is 10.1. The third kappa shape index (κ3) is 4.06. The highest BCUT2D eigenvalue weighted by Gasteiger charge is 2.46. The molecule has 3 heterocycles. The zero-order valence-corrected chi connectivity index (χ0v) is 17.8. The van der Waals surface area contributed by atoms with Crippen LogP contribution in [0.15, 0.2) is 36.5 Å². The molecule has 2 bridgehead atoms. The highest BCUT2D eigenvalue weighted by molar-refractivity contribution is 5.94. The summed E-state index contributed by atoms with van der Waals surface area (Å²) in [7, 11) is 0. The number of nitrogens with zero attached hydrogens (tertiary/aromatic N) is 4. The Bertz CT molecular complexity index is 960. The summed E-state index contributed by atoms with van der Waals surface area (Å²) in [6.07, 6.45) is 6.03. The number of rotatable bonds is 6. The quantitative estimate of drug-likeness (QED) is 0.747. The van der Waals surface area contributed by atoms with Gasteiger partial charge in [-0.05, 0) is 62.9 Å². The molecular formula is C23H28N6O2. The van der Waals surface area contributed by atoms with Crippen LogP contribution in [0.25, 0.3) is 0 Å². The van der Waals surface area contributed by atoms with E-state index < -0.39 is 0 Å². The smallest absolute Gasteiger partial charge is 0.251 e.